The Balaban J connectivity index is 1.66. The molecule has 1 aromatic heterocycles. The van der Waals surface area contributed by atoms with Crippen LogP contribution in [0.3, 0.4) is 0 Å². The van der Waals surface area contributed by atoms with E-state index in [0.29, 0.717) is 16.6 Å². The Bertz CT molecular complexity index is 1460. The molecule has 0 atom stereocenters. The maximum absolute atomic E-state index is 13.1. The van der Waals surface area contributed by atoms with Crippen molar-refractivity contribution in [2.75, 3.05) is 0 Å². The number of phenolic OH excluding ortho intramolecular Hbond substituents is 1. The van der Waals surface area contributed by atoms with Gasteiger partial charge in [-0.3, -0.25) is 25.2 Å². The fraction of sp³-hybridized carbons (Fsp3) is 0.0417. The number of fused-ring (bicyclic) bond motifs is 1. The van der Waals surface area contributed by atoms with Crippen LogP contribution in [0.5, 0.6) is 5.75 Å². The zero-order valence-corrected chi connectivity index (χ0v) is 17.8. The van der Waals surface area contributed by atoms with Gasteiger partial charge in [-0.25, -0.2) is 4.98 Å². The lowest BCUT2D eigenvalue weighted by molar-refractivity contribution is -0.384. The van der Waals surface area contributed by atoms with Crippen molar-refractivity contribution in [3.63, 3.8) is 0 Å². The van der Waals surface area contributed by atoms with Gasteiger partial charge in [0.25, 0.3) is 11.2 Å². The van der Waals surface area contributed by atoms with Gasteiger partial charge < -0.3 is 5.11 Å². The quantitative estimate of drug-likeness (QED) is 0.235. The van der Waals surface area contributed by atoms with Crippen LogP contribution in [0.1, 0.15) is 17.0 Å². The molecule has 4 rings (SSSR count). The van der Waals surface area contributed by atoms with E-state index in [1.54, 1.807) is 24.3 Å². The minimum atomic E-state index is -0.592. The molecule has 0 saturated heterocycles. The summed E-state index contributed by atoms with van der Waals surface area (Å²) < 4.78 is 1.02. The van der Waals surface area contributed by atoms with E-state index in [1.165, 1.54) is 12.1 Å². The molecule has 0 unspecified atom stereocenters. The first-order valence-electron chi connectivity index (χ1n) is 10.1. The normalized spacial score (nSPS) is 11.1. The van der Waals surface area contributed by atoms with Crippen LogP contribution in [0, 0.1) is 10.1 Å². The van der Waals surface area contributed by atoms with Crippen LogP contribution in [0.15, 0.2) is 89.3 Å². The van der Waals surface area contributed by atoms with Gasteiger partial charge in [0.05, 0.1) is 27.7 Å². The number of aromatic hydroxyl groups is 1. The Morgan fingerprint density at radius 2 is 1.91 bits per heavy atom. The molecule has 0 fully saturated rings. The fourth-order valence-electron chi connectivity index (χ4n) is 3.15. The maximum Gasteiger partial charge on any atom is 0.282 e. The number of hydroxylamine groups is 1. The van der Waals surface area contributed by atoms with Crippen LogP contribution < -0.4 is 11.0 Å². The Kier molecular flexibility index (Phi) is 6.42. The molecule has 10 heteroatoms. The number of phenols is 1. The summed E-state index contributed by atoms with van der Waals surface area (Å²) in [6.45, 7) is 3.77. The molecule has 0 aliphatic rings. The summed E-state index contributed by atoms with van der Waals surface area (Å²) in [7, 11) is 0. The van der Waals surface area contributed by atoms with Crippen LogP contribution >= 0.6 is 0 Å². The predicted octanol–water partition coefficient (Wildman–Crippen LogP) is 3.58. The van der Waals surface area contributed by atoms with E-state index < -0.39 is 10.5 Å². The Labute approximate surface area is 193 Å². The van der Waals surface area contributed by atoms with Crippen molar-refractivity contribution in [1.29, 1.82) is 0 Å². The van der Waals surface area contributed by atoms with Gasteiger partial charge in [-0.15, -0.1) is 0 Å². The highest BCUT2D eigenvalue weighted by atomic mass is 16.6. The maximum atomic E-state index is 13.1. The van der Waals surface area contributed by atoms with Gasteiger partial charge >= 0.3 is 0 Å². The SMILES string of the molecule is C=C(NOCc1nc2ccccc2c(=O)n1N=Cc1cc([N+](=O)[O-])ccc1O)c1ccccc1. The lowest BCUT2D eigenvalue weighted by Gasteiger charge is -2.12. The molecule has 3 aromatic carbocycles. The Morgan fingerprint density at radius 3 is 2.68 bits per heavy atom. The van der Waals surface area contributed by atoms with Gasteiger partial charge in [0.1, 0.15) is 12.4 Å². The summed E-state index contributed by atoms with van der Waals surface area (Å²) in [6, 6.07) is 19.6. The van der Waals surface area contributed by atoms with Gasteiger partial charge in [0.15, 0.2) is 5.82 Å². The number of rotatable bonds is 8. The summed E-state index contributed by atoms with van der Waals surface area (Å²) in [4.78, 5) is 33.5. The summed E-state index contributed by atoms with van der Waals surface area (Å²) in [5, 5.41) is 25.6. The number of aromatic nitrogens is 2. The third kappa shape index (κ3) is 4.81. The number of nitrogens with zero attached hydrogens (tertiary/aromatic N) is 4. The first-order chi connectivity index (χ1) is 16.4. The lowest BCUT2D eigenvalue weighted by atomic mass is 10.2. The third-order valence-electron chi connectivity index (χ3n) is 4.87. The fourth-order valence-corrected chi connectivity index (χ4v) is 3.15. The minimum Gasteiger partial charge on any atom is -0.507 e. The number of hydrogen-bond donors (Lipinski definition) is 2. The minimum absolute atomic E-state index is 0.0664. The molecule has 0 amide bonds. The number of hydrogen-bond acceptors (Lipinski definition) is 8. The molecule has 4 aromatic rings. The molecular weight excluding hydrogens is 438 g/mol. The van der Waals surface area contributed by atoms with E-state index in [-0.39, 0.29) is 29.4 Å². The van der Waals surface area contributed by atoms with Crippen molar-refractivity contribution in [2.45, 2.75) is 6.61 Å². The molecule has 0 aliphatic carbocycles. The van der Waals surface area contributed by atoms with Gasteiger partial charge in [0, 0.05) is 17.7 Å². The van der Waals surface area contributed by atoms with E-state index in [1.807, 2.05) is 30.3 Å². The number of benzene rings is 3. The lowest BCUT2D eigenvalue weighted by Crippen LogP contribution is -2.24. The standard InChI is InChI=1S/C24H19N5O5/c1-16(17-7-3-2-4-8-17)27-34-15-23-26-21-10-6-5-9-20(21)24(31)28(23)25-14-18-13-19(29(32)33)11-12-22(18)30/h2-14,27,30H,1,15H2. The molecule has 2 N–H and O–H groups in total. The number of nitro groups is 1. The summed E-state index contributed by atoms with van der Waals surface area (Å²) in [5.74, 6) is -0.0620. The van der Waals surface area contributed by atoms with Crippen molar-refractivity contribution in [3.8, 4) is 5.75 Å². The smallest absolute Gasteiger partial charge is 0.282 e. The highest BCUT2D eigenvalue weighted by Gasteiger charge is 2.13. The summed E-state index contributed by atoms with van der Waals surface area (Å²) in [6.07, 6.45) is 1.15. The molecule has 170 valence electrons. The molecule has 0 radical (unpaired) electrons. The molecule has 1 heterocycles. The topological polar surface area (TPSA) is 132 Å². The van der Waals surface area contributed by atoms with Crippen LogP contribution in [-0.2, 0) is 11.4 Å². The van der Waals surface area contributed by atoms with Crippen molar-refractivity contribution in [1.82, 2.24) is 15.1 Å². The number of nitro benzene ring substituents is 1. The van der Waals surface area contributed by atoms with Gasteiger partial charge in [0.2, 0.25) is 0 Å². The van der Waals surface area contributed by atoms with Crippen molar-refractivity contribution in [3.05, 3.63) is 117 Å². The number of para-hydroxylation sites is 1. The molecule has 0 bridgehead atoms. The van der Waals surface area contributed by atoms with Crippen molar-refractivity contribution < 1.29 is 14.9 Å². The highest BCUT2D eigenvalue weighted by molar-refractivity contribution is 5.84. The largest absolute Gasteiger partial charge is 0.507 e. The van der Waals surface area contributed by atoms with Crippen LogP contribution in [-0.4, -0.2) is 25.9 Å². The average Bonchev–Trinajstić information content (AvgIpc) is 2.85. The van der Waals surface area contributed by atoms with Crippen LogP contribution in [0.2, 0.25) is 0 Å². The Morgan fingerprint density at radius 1 is 1.18 bits per heavy atom. The zero-order valence-electron chi connectivity index (χ0n) is 17.8. The molecule has 10 nitrogen and oxygen atoms in total. The van der Waals surface area contributed by atoms with Crippen LogP contribution in [0.25, 0.3) is 16.6 Å². The highest BCUT2D eigenvalue weighted by Crippen LogP contribution is 2.21. The van der Waals surface area contributed by atoms with Gasteiger partial charge in [-0.2, -0.15) is 9.78 Å². The monoisotopic (exact) mass is 457 g/mol. The number of non-ortho nitro benzene ring substituents is 1. The van der Waals surface area contributed by atoms with E-state index in [4.69, 9.17) is 4.84 Å². The van der Waals surface area contributed by atoms with Gasteiger partial charge in [-0.1, -0.05) is 49.0 Å². The van der Waals surface area contributed by atoms with Gasteiger partial charge in [-0.05, 0) is 23.8 Å². The second-order valence-corrected chi connectivity index (χ2v) is 7.14. The predicted molar refractivity (Wildman–Crippen MR) is 127 cm³/mol. The van der Waals surface area contributed by atoms with Crippen LogP contribution in [0.4, 0.5) is 5.69 Å². The number of nitrogens with one attached hydrogen (secondary N) is 1. The van der Waals surface area contributed by atoms with Crippen molar-refractivity contribution in [2.24, 2.45) is 5.10 Å². The third-order valence-corrected chi connectivity index (χ3v) is 4.87. The second-order valence-electron chi connectivity index (χ2n) is 7.14. The summed E-state index contributed by atoms with van der Waals surface area (Å²) >= 11 is 0. The van der Waals surface area contributed by atoms with E-state index >= 15 is 0 Å². The molecule has 0 spiro atoms. The van der Waals surface area contributed by atoms with Crippen molar-refractivity contribution >= 4 is 28.5 Å². The first-order valence-corrected chi connectivity index (χ1v) is 10.1. The second kappa shape index (κ2) is 9.76. The van der Waals surface area contributed by atoms with E-state index in [2.05, 4.69) is 22.1 Å². The zero-order chi connectivity index (χ0) is 24.1. The van der Waals surface area contributed by atoms with E-state index in [0.717, 1.165) is 22.5 Å². The first kappa shape index (κ1) is 22.4. The molecule has 0 saturated carbocycles. The molecule has 34 heavy (non-hydrogen) atoms. The average molecular weight is 457 g/mol. The molecule has 0 aliphatic heterocycles. The Hall–Kier alpha value is -4.83. The molecular formula is C24H19N5O5. The summed E-state index contributed by atoms with van der Waals surface area (Å²) in [5.41, 5.74) is 3.90. The van der Waals surface area contributed by atoms with E-state index in [9.17, 15) is 20.0 Å².